The second-order valence-electron chi connectivity index (χ2n) is 5.83. The van der Waals surface area contributed by atoms with Crippen molar-refractivity contribution in [1.82, 2.24) is 0 Å². The Labute approximate surface area is 159 Å². The minimum atomic E-state index is 0. The van der Waals surface area contributed by atoms with Crippen molar-refractivity contribution in [3.05, 3.63) is 34.0 Å². The first-order valence-corrected chi connectivity index (χ1v) is 8.12. The second-order valence-corrected chi connectivity index (χ2v) is 5.83. The van der Waals surface area contributed by atoms with Gasteiger partial charge >= 0.3 is 0 Å². The van der Waals surface area contributed by atoms with Crippen molar-refractivity contribution < 1.29 is 48.3 Å². The van der Waals surface area contributed by atoms with E-state index in [1.165, 1.54) is 0 Å². The molecule has 0 saturated heterocycles. The van der Waals surface area contributed by atoms with Crippen LogP contribution in [0.25, 0.3) is 0 Å². The van der Waals surface area contributed by atoms with Gasteiger partial charge in [-0.3, -0.25) is 14.4 Å². The Morgan fingerprint density at radius 2 is 0.760 bits per heavy atom. The summed E-state index contributed by atoms with van der Waals surface area (Å²) in [5, 5.41) is 26.5. The summed E-state index contributed by atoms with van der Waals surface area (Å²) >= 11 is 0. The zero-order chi connectivity index (χ0) is 17.9. The van der Waals surface area contributed by atoms with E-state index in [4.69, 9.17) is 15.3 Å². The first-order valence-electron chi connectivity index (χ1n) is 8.12. The summed E-state index contributed by atoms with van der Waals surface area (Å²) in [6.45, 7) is 0. The van der Waals surface area contributed by atoms with E-state index in [0.29, 0.717) is 53.3 Å². The quantitative estimate of drug-likeness (QED) is 0.639. The van der Waals surface area contributed by atoms with Crippen LogP contribution in [0.3, 0.4) is 0 Å². The fraction of sp³-hybridized carbons (Fsp3) is 0.500. The van der Waals surface area contributed by atoms with Gasteiger partial charge in [0.15, 0.2) is 0 Å². The number of carbonyl (C=O) groups is 3. The van der Waals surface area contributed by atoms with Crippen molar-refractivity contribution in [3.8, 4) is 0 Å². The zero-order valence-electron chi connectivity index (χ0n) is 14.1. The number of rotatable bonds is 3. The average molecular weight is 387 g/mol. The molecule has 0 aliphatic heterocycles. The molecule has 3 aliphatic carbocycles. The number of aliphatic hydroxyl groups is 3. The molecule has 0 bridgehead atoms. The van der Waals surface area contributed by atoms with Crippen LogP contribution in [0.5, 0.6) is 0 Å². The number of allylic oxidation sites excluding steroid dienone is 6. The van der Waals surface area contributed by atoms with Crippen LogP contribution in [0, 0.1) is 0 Å². The molecule has 0 heterocycles. The van der Waals surface area contributed by atoms with Crippen molar-refractivity contribution >= 4 is 18.9 Å². The molecule has 0 unspecified atom stereocenters. The Bertz CT molecular complexity index is 493. The van der Waals surface area contributed by atoms with Crippen molar-refractivity contribution in [1.29, 1.82) is 0 Å². The first kappa shape index (κ1) is 23.2. The molecule has 0 spiro atoms. The van der Waals surface area contributed by atoms with Gasteiger partial charge < -0.3 is 15.3 Å². The number of hydrogen-bond donors (Lipinski definition) is 3. The third kappa shape index (κ3) is 7.75. The Morgan fingerprint density at radius 3 is 0.840 bits per heavy atom. The van der Waals surface area contributed by atoms with Gasteiger partial charge in [-0.25, -0.2) is 0 Å². The van der Waals surface area contributed by atoms with Gasteiger partial charge in [-0.05, 0) is 38.5 Å². The predicted molar refractivity (Wildman–Crippen MR) is 88.7 cm³/mol. The Balaban J connectivity index is 0.000000339. The third-order valence-corrected chi connectivity index (χ3v) is 4.12. The van der Waals surface area contributed by atoms with E-state index < -0.39 is 0 Å². The Kier molecular flexibility index (Phi) is 11.7. The third-order valence-electron chi connectivity index (χ3n) is 4.12. The van der Waals surface area contributed by atoms with Crippen LogP contribution in [0.15, 0.2) is 34.0 Å². The van der Waals surface area contributed by atoms with Gasteiger partial charge in [0.1, 0.15) is 18.9 Å². The number of aldehydes is 3. The Hall–Kier alpha value is -1.79. The van der Waals surface area contributed by atoms with Gasteiger partial charge in [0.05, 0.1) is 17.3 Å². The fourth-order valence-corrected chi connectivity index (χ4v) is 2.63. The molecule has 0 amide bonds. The van der Waals surface area contributed by atoms with E-state index in [-0.39, 0.29) is 18.6 Å². The van der Waals surface area contributed by atoms with Gasteiger partial charge in [-0.2, -0.15) is 0 Å². The number of aliphatic hydroxyl groups excluding tert-OH is 3. The number of hydrogen-bond acceptors (Lipinski definition) is 6. The van der Waals surface area contributed by atoms with Crippen LogP contribution < -0.4 is 0 Å². The summed E-state index contributed by atoms with van der Waals surface area (Å²) in [4.78, 5) is 30.0. The van der Waals surface area contributed by atoms with E-state index in [1.54, 1.807) is 0 Å². The van der Waals surface area contributed by atoms with Gasteiger partial charge in [-0.15, -0.1) is 0 Å². The minimum Gasteiger partial charge on any atom is -0.512 e. The predicted octanol–water partition coefficient (Wildman–Crippen LogP) is 3.54. The number of carbonyl (C=O) groups excluding carboxylic acids is 3. The monoisotopic (exact) mass is 387 g/mol. The summed E-state index contributed by atoms with van der Waals surface area (Å²) in [5.74, 6) is 0.875. The molecule has 0 saturated carbocycles. The van der Waals surface area contributed by atoms with E-state index in [2.05, 4.69) is 0 Å². The zero-order valence-corrected chi connectivity index (χ0v) is 15.5. The van der Waals surface area contributed by atoms with E-state index in [0.717, 1.165) is 57.4 Å². The molecule has 0 aromatic carbocycles. The van der Waals surface area contributed by atoms with Crippen molar-refractivity contribution in [2.24, 2.45) is 0 Å². The van der Waals surface area contributed by atoms with Crippen molar-refractivity contribution in [2.45, 2.75) is 57.8 Å². The molecule has 6 nitrogen and oxygen atoms in total. The van der Waals surface area contributed by atoms with Crippen LogP contribution in [-0.4, -0.2) is 34.2 Å². The molecule has 3 N–H and O–H groups in total. The first-order chi connectivity index (χ1) is 11.5. The van der Waals surface area contributed by atoms with Crippen LogP contribution >= 0.6 is 0 Å². The van der Waals surface area contributed by atoms with Gasteiger partial charge in [0.25, 0.3) is 0 Å². The summed E-state index contributed by atoms with van der Waals surface area (Å²) in [6, 6.07) is 0. The summed E-state index contributed by atoms with van der Waals surface area (Å²) in [5.41, 5.74) is 1.76. The van der Waals surface area contributed by atoms with Gasteiger partial charge in [0.2, 0.25) is 0 Å². The normalized spacial score (nSPS) is 18.7. The minimum absolute atomic E-state index is 0. The molecule has 0 atom stereocenters. The molecule has 1 radical (unpaired) electrons. The van der Waals surface area contributed by atoms with Crippen LogP contribution in [0.2, 0.25) is 0 Å². The topological polar surface area (TPSA) is 112 Å². The van der Waals surface area contributed by atoms with E-state index in [1.807, 2.05) is 0 Å². The van der Waals surface area contributed by atoms with Crippen molar-refractivity contribution in [3.63, 3.8) is 0 Å². The maximum Gasteiger partial charge on any atom is 0.149 e. The van der Waals surface area contributed by atoms with Gasteiger partial charge in [-0.1, -0.05) is 0 Å². The largest absolute Gasteiger partial charge is 0.512 e. The van der Waals surface area contributed by atoms with Crippen LogP contribution in [0.4, 0.5) is 0 Å². The Morgan fingerprint density at radius 1 is 0.520 bits per heavy atom. The molecule has 25 heavy (non-hydrogen) atoms. The van der Waals surface area contributed by atoms with Crippen LogP contribution in [0.1, 0.15) is 57.8 Å². The SMILES string of the molecule is O=CC1=C(O)CCC1.O=CC1=C(O)CCC1.O=CC1=C(O)CCC1.[V]. The molecular weight excluding hydrogens is 363 g/mol. The molecule has 7 heteroatoms. The average Bonchev–Trinajstić information content (AvgIpc) is 3.29. The standard InChI is InChI=1S/3C6H8O2.V/c3*7-4-5-2-1-3-6(5)8;/h3*4,8H,1-3H2;. The van der Waals surface area contributed by atoms with Crippen LogP contribution in [-0.2, 0) is 32.9 Å². The summed E-state index contributed by atoms with van der Waals surface area (Å²) in [6.07, 6.45) is 9.35. The maximum absolute atomic E-state index is 10.00. The molecular formula is C18H24O6V. The summed E-state index contributed by atoms with van der Waals surface area (Å²) < 4.78 is 0. The molecule has 0 aromatic rings. The maximum atomic E-state index is 10.00. The molecule has 0 aromatic heterocycles. The smallest absolute Gasteiger partial charge is 0.149 e. The van der Waals surface area contributed by atoms with E-state index in [9.17, 15) is 14.4 Å². The van der Waals surface area contributed by atoms with Crippen molar-refractivity contribution in [2.75, 3.05) is 0 Å². The van der Waals surface area contributed by atoms with E-state index >= 15 is 0 Å². The second kappa shape index (κ2) is 12.6. The summed E-state index contributed by atoms with van der Waals surface area (Å²) in [7, 11) is 0. The molecule has 3 rings (SSSR count). The molecule has 0 fully saturated rings. The van der Waals surface area contributed by atoms with Gasteiger partial charge in [0, 0.05) is 54.5 Å². The molecule has 3 aliphatic rings. The molecule has 137 valence electrons. The fourth-order valence-electron chi connectivity index (χ4n) is 2.63.